The molecule has 7 heteroatoms. The van der Waals surface area contributed by atoms with Crippen LogP contribution in [0.1, 0.15) is 59.2 Å². The van der Waals surface area contributed by atoms with Crippen LogP contribution in [0.3, 0.4) is 0 Å². The highest BCUT2D eigenvalue weighted by Gasteiger charge is 2.39. The van der Waals surface area contributed by atoms with E-state index < -0.39 is 11.6 Å². The van der Waals surface area contributed by atoms with Gasteiger partial charge in [0.05, 0.1) is 15.2 Å². The Bertz CT molecular complexity index is 935. The van der Waals surface area contributed by atoms with Crippen molar-refractivity contribution in [3.63, 3.8) is 0 Å². The zero-order valence-corrected chi connectivity index (χ0v) is 19.6. The smallest absolute Gasteiger partial charge is 0.408 e. The van der Waals surface area contributed by atoms with E-state index in [1.165, 1.54) is 12.8 Å². The largest absolute Gasteiger partial charge is 0.489 e. The minimum atomic E-state index is -0.697. The van der Waals surface area contributed by atoms with Crippen LogP contribution in [0, 0.1) is 14.9 Å². The fourth-order valence-corrected chi connectivity index (χ4v) is 4.99. The molecule has 1 atom stereocenters. The van der Waals surface area contributed by atoms with Crippen LogP contribution in [-0.2, 0) is 10.3 Å². The molecule has 1 aromatic heterocycles. The monoisotopic (exact) mass is 509 g/mol. The molecule has 1 aliphatic heterocycles. The molecule has 2 aliphatic rings. The van der Waals surface area contributed by atoms with Crippen molar-refractivity contribution in [3.8, 4) is 5.75 Å². The van der Waals surface area contributed by atoms with E-state index in [1.807, 2.05) is 25.3 Å². The first kappa shape index (κ1) is 20.6. The van der Waals surface area contributed by atoms with Gasteiger partial charge in [-0.1, -0.05) is 20.8 Å². The number of alkyl carbamates (subject to hydrolysis) is 1. The van der Waals surface area contributed by atoms with E-state index in [1.54, 1.807) is 0 Å². The van der Waals surface area contributed by atoms with Crippen LogP contribution in [0.4, 0.5) is 4.79 Å². The number of nitrogens with zero attached hydrogens (tertiary/aromatic N) is 2. The highest BCUT2D eigenvalue weighted by atomic mass is 127. The van der Waals surface area contributed by atoms with Crippen molar-refractivity contribution in [2.24, 2.45) is 11.3 Å². The topological polar surface area (TPSA) is 73.3 Å². The second-order valence-corrected chi connectivity index (χ2v) is 10.6. The lowest BCUT2D eigenvalue weighted by molar-refractivity contribution is 0.0877. The molecule has 1 aliphatic carbocycles. The quantitative estimate of drug-likeness (QED) is 0.578. The Labute approximate surface area is 185 Å². The first-order valence-electron chi connectivity index (χ1n) is 10.2. The molecular weight excluding hydrogens is 481 g/mol. The van der Waals surface area contributed by atoms with Gasteiger partial charge in [-0.15, -0.1) is 0 Å². The molecule has 1 saturated carbocycles. The second-order valence-electron chi connectivity index (χ2n) is 9.49. The third-order valence-electron chi connectivity index (χ3n) is 6.22. The number of hydrogen-bond acceptors (Lipinski definition) is 5. The van der Waals surface area contributed by atoms with Crippen LogP contribution in [-0.4, -0.2) is 28.8 Å². The highest BCUT2D eigenvalue weighted by molar-refractivity contribution is 14.1. The molecule has 6 nitrogen and oxygen atoms in total. The van der Waals surface area contributed by atoms with E-state index in [0.29, 0.717) is 11.2 Å². The van der Waals surface area contributed by atoms with Gasteiger partial charge in [-0.25, -0.2) is 14.8 Å². The van der Waals surface area contributed by atoms with E-state index in [9.17, 15) is 4.79 Å². The number of hydrogen-bond donors (Lipinski definition) is 1. The summed E-state index contributed by atoms with van der Waals surface area (Å²) in [5.74, 6) is 2.23. The number of carbonyl (C=O) groups is 1. The summed E-state index contributed by atoms with van der Waals surface area (Å²) in [5, 5.41) is 3.75. The fourth-order valence-electron chi connectivity index (χ4n) is 4.26. The van der Waals surface area contributed by atoms with Gasteiger partial charge < -0.3 is 14.8 Å². The molecular formula is C22H28IN3O3. The van der Waals surface area contributed by atoms with Gasteiger partial charge in [-0.05, 0) is 78.7 Å². The van der Waals surface area contributed by atoms with Crippen molar-refractivity contribution in [3.05, 3.63) is 27.7 Å². The van der Waals surface area contributed by atoms with Gasteiger partial charge in [0, 0.05) is 11.6 Å². The molecule has 1 amide bonds. The predicted molar refractivity (Wildman–Crippen MR) is 120 cm³/mol. The van der Waals surface area contributed by atoms with E-state index >= 15 is 0 Å². The van der Waals surface area contributed by atoms with Crippen LogP contribution in [0.2, 0.25) is 0 Å². The molecule has 2 heterocycles. The van der Waals surface area contributed by atoms with Gasteiger partial charge in [-0.2, -0.15) is 0 Å². The third-order valence-corrected chi connectivity index (χ3v) is 7.33. The summed E-state index contributed by atoms with van der Waals surface area (Å²) in [6.45, 7) is 9.11. The van der Waals surface area contributed by atoms with Gasteiger partial charge >= 0.3 is 6.09 Å². The minimum Gasteiger partial charge on any atom is -0.489 e. The van der Waals surface area contributed by atoms with Crippen LogP contribution in [0.15, 0.2) is 18.3 Å². The first-order valence-corrected chi connectivity index (χ1v) is 11.3. The number of amides is 1. The van der Waals surface area contributed by atoms with Crippen LogP contribution in [0.25, 0.3) is 10.9 Å². The molecule has 156 valence electrons. The van der Waals surface area contributed by atoms with E-state index in [-0.39, 0.29) is 12.7 Å². The Morgan fingerprint density at radius 2 is 1.97 bits per heavy atom. The van der Waals surface area contributed by atoms with Gasteiger partial charge in [0.1, 0.15) is 17.9 Å². The summed E-state index contributed by atoms with van der Waals surface area (Å²) < 4.78 is 12.4. The van der Waals surface area contributed by atoms with Crippen LogP contribution in [0.5, 0.6) is 5.75 Å². The number of rotatable bonds is 3. The average molecular weight is 509 g/mol. The van der Waals surface area contributed by atoms with Crippen molar-refractivity contribution < 1.29 is 14.3 Å². The van der Waals surface area contributed by atoms with E-state index in [0.717, 1.165) is 39.0 Å². The molecule has 4 rings (SSSR count). The first-order chi connectivity index (χ1) is 13.7. The van der Waals surface area contributed by atoms with Gasteiger partial charge in [0.25, 0.3) is 0 Å². The van der Waals surface area contributed by atoms with Gasteiger partial charge in [-0.3, -0.25) is 0 Å². The Morgan fingerprint density at radius 1 is 1.24 bits per heavy atom. The number of benzene rings is 1. The lowest BCUT2D eigenvalue weighted by atomic mass is 9.72. The molecule has 1 saturated heterocycles. The molecule has 2 fully saturated rings. The van der Waals surface area contributed by atoms with Crippen molar-refractivity contribution >= 4 is 39.6 Å². The maximum Gasteiger partial charge on any atom is 0.408 e. The molecule has 1 aromatic carbocycles. The van der Waals surface area contributed by atoms with Gasteiger partial charge in [0.2, 0.25) is 0 Å². The maximum atomic E-state index is 11.5. The van der Waals surface area contributed by atoms with Gasteiger partial charge in [0.15, 0.2) is 5.82 Å². The van der Waals surface area contributed by atoms with Crippen molar-refractivity contribution in [1.29, 1.82) is 0 Å². The second kappa shape index (κ2) is 7.56. The molecule has 0 spiro atoms. The molecule has 29 heavy (non-hydrogen) atoms. The van der Waals surface area contributed by atoms with E-state index in [4.69, 9.17) is 9.47 Å². The lowest BCUT2D eigenvalue weighted by Gasteiger charge is -2.37. The normalized spacial score (nSPS) is 27.6. The Hall–Kier alpha value is -1.64. The standard InChI is InChI=1S/C22H28IN3O3/c1-21(2,3)13-5-7-14(8-6-13)29-17-10-9-16-15(18(17)23)11-24-19(25-16)22(4)12-28-20(27)26-22/h9-11,13-14H,5-8,12H2,1-4H3,(H,26,27). The number of halogens is 1. The molecule has 2 aromatic rings. The summed E-state index contributed by atoms with van der Waals surface area (Å²) >= 11 is 2.32. The Kier molecular flexibility index (Phi) is 5.38. The number of nitrogens with one attached hydrogen (secondary N) is 1. The van der Waals surface area contributed by atoms with E-state index in [2.05, 4.69) is 58.6 Å². The number of carbonyl (C=O) groups excluding carboxylic acids is 1. The molecule has 1 unspecified atom stereocenters. The number of ether oxygens (including phenoxy) is 2. The summed E-state index contributed by atoms with van der Waals surface area (Å²) in [7, 11) is 0. The van der Waals surface area contributed by atoms with Crippen molar-refractivity contribution in [2.75, 3.05) is 6.61 Å². The summed E-state index contributed by atoms with van der Waals surface area (Å²) in [5.41, 5.74) is 0.515. The minimum absolute atomic E-state index is 0.229. The lowest BCUT2D eigenvalue weighted by Crippen LogP contribution is -2.39. The summed E-state index contributed by atoms with van der Waals surface area (Å²) in [6.07, 6.45) is 6.29. The highest BCUT2D eigenvalue weighted by Crippen LogP contribution is 2.39. The Morgan fingerprint density at radius 3 is 2.59 bits per heavy atom. The fraction of sp³-hybridized carbons (Fsp3) is 0.591. The Balaban J connectivity index is 1.51. The molecule has 0 radical (unpaired) electrons. The molecule has 0 bridgehead atoms. The SMILES string of the molecule is CC1(c2ncc3c(I)c(OC4CCC(C(C)(C)C)CC4)ccc3n2)COC(=O)N1. The number of fused-ring (bicyclic) bond motifs is 1. The summed E-state index contributed by atoms with van der Waals surface area (Å²) in [4.78, 5) is 20.6. The average Bonchev–Trinajstić information content (AvgIpc) is 3.03. The van der Waals surface area contributed by atoms with Crippen LogP contribution < -0.4 is 10.1 Å². The third kappa shape index (κ3) is 4.15. The number of cyclic esters (lactones) is 1. The predicted octanol–water partition coefficient (Wildman–Crippen LogP) is 5.17. The summed E-state index contributed by atoms with van der Waals surface area (Å²) in [6, 6.07) is 3.97. The van der Waals surface area contributed by atoms with Crippen molar-refractivity contribution in [1.82, 2.24) is 15.3 Å². The molecule has 1 N–H and O–H groups in total. The zero-order chi connectivity index (χ0) is 20.8. The van der Waals surface area contributed by atoms with Crippen molar-refractivity contribution in [2.45, 2.75) is 65.0 Å². The maximum absolute atomic E-state index is 11.5. The zero-order valence-electron chi connectivity index (χ0n) is 17.4. The number of aromatic nitrogens is 2. The van der Waals surface area contributed by atoms with Crippen LogP contribution >= 0.6 is 22.6 Å².